The van der Waals surface area contributed by atoms with Crippen LogP contribution in [0.5, 0.6) is 0 Å². The normalized spacial score (nSPS) is 11.0. The zero-order chi connectivity index (χ0) is 11.5. The summed E-state index contributed by atoms with van der Waals surface area (Å²) in [5.74, 6) is 0. The van der Waals surface area contributed by atoms with E-state index in [1.165, 1.54) is 7.05 Å². The summed E-state index contributed by atoms with van der Waals surface area (Å²) in [6, 6.07) is 6.47. The molecule has 5 nitrogen and oxygen atoms in total. The average molecular weight is 245 g/mol. The smallest absolute Gasteiger partial charge is 0.298 e. The summed E-state index contributed by atoms with van der Waals surface area (Å²) in [5.41, 5.74) is 6.54. The Balaban J connectivity index is 2.86. The van der Waals surface area contributed by atoms with Gasteiger partial charge in [0.05, 0.1) is 0 Å². The van der Waals surface area contributed by atoms with Crippen molar-refractivity contribution in [1.82, 2.24) is 4.72 Å². The minimum atomic E-state index is -3.47. The molecule has 0 radical (unpaired) electrons. The summed E-state index contributed by atoms with van der Waals surface area (Å²) in [6.07, 6.45) is 0. The first-order valence-corrected chi connectivity index (χ1v) is 5.95. The third kappa shape index (κ3) is 3.46. The molecule has 0 amide bonds. The van der Waals surface area contributed by atoms with Gasteiger partial charge in [-0.2, -0.15) is 8.42 Å². The van der Waals surface area contributed by atoms with Crippen molar-refractivity contribution in [3.63, 3.8) is 0 Å². The van der Waals surface area contributed by atoms with E-state index in [0.717, 1.165) is 0 Å². The quantitative estimate of drug-likeness (QED) is 0.661. The van der Waals surface area contributed by atoms with Crippen molar-refractivity contribution in [1.29, 1.82) is 0 Å². The van der Waals surface area contributed by atoms with E-state index in [0.29, 0.717) is 11.3 Å². The Kier molecular flexibility index (Phi) is 3.61. The molecular weight excluding hydrogens is 234 g/mol. The van der Waals surface area contributed by atoms with Crippen LogP contribution in [0.15, 0.2) is 24.3 Å². The molecule has 1 aromatic rings. The van der Waals surface area contributed by atoms with E-state index >= 15 is 0 Å². The number of anilines is 1. The highest BCUT2D eigenvalue weighted by atomic mass is 32.2. The lowest BCUT2D eigenvalue weighted by atomic mass is 10.2. The van der Waals surface area contributed by atoms with Crippen LogP contribution in [0.25, 0.3) is 0 Å². The van der Waals surface area contributed by atoms with Gasteiger partial charge in [0.15, 0.2) is 0 Å². The van der Waals surface area contributed by atoms with E-state index in [-0.39, 0.29) is 4.99 Å². The molecule has 0 saturated heterocycles. The van der Waals surface area contributed by atoms with Gasteiger partial charge < -0.3 is 5.73 Å². The molecule has 0 fully saturated rings. The number of thiocarbonyl (C=S) groups is 1. The molecule has 0 bridgehead atoms. The number of hydrogen-bond donors (Lipinski definition) is 3. The van der Waals surface area contributed by atoms with Crippen LogP contribution in [-0.2, 0) is 10.2 Å². The lowest BCUT2D eigenvalue weighted by molar-refractivity contribution is 0.593. The van der Waals surface area contributed by atoms with Crippen LogP contribution in [-0.4, -0.2) is 20.5 Å². The predicted octanol–water partition coefficient (Wildman–Crippen LogP) is 0.197. The van der Waals surface area contributed by atoms with Gasteiger partial charge in [0.1, 0.15) is 4.99 Å². The second-order valence-electron chi connectivity index (χ2n) is 2.75. The minimum absolute atomic E-state index is 0.276. The summed E-state index contributed by atoms with van der Waals surface area (Å²) in [5, 5.41) is 0. The molecule has 0 aliphatic carbocycles. The van der Waals surface area contributed by atoms with Crippen molar-refractivity contribution in [3.8, 4) is 0 Å². The minimum Gasteiger partial charge on any atom is -0.389 e. The zero-order valence-electron chi connectivity index (χ0n) is 8.02. The Morgan fingerprint density at radius 3 is 2.27 bits per heavy atom. The summed E-state index contributed by atoms with van der Waals surface area (Å²) in [7, 11) is -2.14. The molecule has 1 aromatic carbocycles. The topological polar surface area (TPSA) is 84.2 Å². The summed E-state index contributed by atoms with van der Waals surface area (Å²) >= 11 is 4.76. The first-order valence-electron chi connectivity index (χ1n) is 4.06. The maximum absolute atomic E-state index is 11.1. The van der Waals surface area contributed by atoms with Crippen molar-refractivity contribution in [2.45, 2.75) is 0 Å². The predicted molar refractivity (Wildman–Crippen MR) is 63.9 cm³/mol. The van der Waals surface area contributed by atoms with Crippen LogP contribution >= 0.6 is 12.2 Å². The molecule has 1 rings (SSSR count). The van der Waals surface area contributed by atoms with E-state index in [2.05, 4.69) is 9.44 Å². The Hall–Kier alpha value is -1.18. The highest BCUT2D eigenvalue weighted by Gasteiger charge is 2.05. The molecule has 0 aliphatic rings. The maximum Gasteiger partial charge on any atom is 0.298 e. The second-order valence-corrected chi connectivity index (χ2v) is 4.81. The number of nitrogens with one attached hydrogen (secondary N) is 2. The van der Waals surface area contributed by atoms with Crippen molar-refractivity contribution in [2.24, 2.45) is 5.73 Å². The fourth-order valence-corrected chi connectivity index (χ4v) is 1.59. The first-order chi connectivity index (χ1) is 6.94. The van der Waals surface area contributed by atoms with Crippen LogP contribution < -0.4 is 15.2 Å². The van der Waals surface area contributed by atoms with Gasteiger partial charge in [-0.15, -0.1) is 0 Å². The lowest BCUT2D eigenvalue weighted by Crippen LogP contribution is -2.26. The van der Waals surface area contributed by atoms with Crippen LogP contribution in [0.3, 0.4) is 0 Å². The van der Waals surface area contributed by atoms with E-state index in [1.807, 2.05) is 0 Å². The van der Waals surface area contributed by atoms with E-state index in [9.17, 15) is 8.42 Å². The van der Waals surface area contributed by atoms with Crippen molar-refractivity contribution >= 4 is 33.1 Å². The summed E-state index contributed by atoms with van der Waals surface area (Å²) in [6.45, 7) is 0. The number of hydrogen-bond acceptors (Lipinski definition) is 3. The summed E-state index contributed by atoms with van der Waals surface area (Å²) < 4.78 is 26.7. The fourth-order valence-electron chi connectivity index (χ4n) is 0.909. The molecule has 82 valence electrons. The van der Waals surface area contributed by atoms with Crippen LogP contribution in [0.4, 0.5) is 5.69 Å². The third-order valence-corrected chi connectivity index (χ3v) is 2.97. The monoisotopic (exact) mass is 245 g/mol. The molecule has 0 unspecified atom stereocenters. The van der Waals surface area contributed by atoms with Crippen molar-refractivity contribution in [3.05, 3.63) is 29.8 Å². The van der Waals surface area contributed by atoms with Gasteiger partial charge in [-0.05, 0) is 24.3 Å². The molecular formula is C8H11N3O2S2. The number of nitrogens with two attached hydrogens (primary N) is 1. The molecule has 0 spiro atoms. The van der Waals surface area contributed by atoms with Gasteiger partial charge >= 0.3 is 0 Å². The fraction of sp³-hybridized carbons (Fsp3) is 0.125. The van der Waals surface area contributed by atoms with Crippen molar-refractivity contribution < 1.29 is 8.42 Å². The van der Waals surface area contributed by atoms with Gasteiger partial charge in [-0.25, -0.2) is 4.72 Å². The van der Waals surface area contributed by atoms with Crippen LogP contribution in [0, 0.1) is 0 Å². The SMILES string of the molecule is CNS(=O)(=O)Nc1ccc(C(N)=S)cc1. The molecule has 0 aliphatic heterocycles. The number of benzene rings is 1. The average Bonchev–Trinajstić information content (AvgIpc) is 2.18. The molecule has 0 aromatic heterocycles. The van der Waals surface area contributed by atoms with E-state index < -0.39 is 10.2 Å². The molecule has 0 saturated carbocycles. The lowest BCUT2D eigenvalue weighted by Gasteiger charge is -2.06. The Labute approximate surface area is 93.9 Å². The standard InChI is InChI=1S/C8H11N3O2S2/c1-10-15(12,13)11-7-4-2-6(3-5-7)8(9)14/h2-5,10-11H,1H3,(H2,9,14). The molecule has 0 heterocycles. The maximum atomic E-state index is 11.1. The van der Waals surface area contributed by atoms with Crippen LogP contribution in [0.2, 0.25) is 0 Å². The third-order valence-electron chi connectivity index (χ3n) is 1.69. The molecule has 4 N–H and O–H groups in total. The largest absolute Gasteiger partial charge is 0.389 e. The second kappa shape index (κ2) is 4.56. The van der Waals surface area contributed by atoms with Gasteiger partial charge in [0.25, 0.3) is 10.2 Å². The summed E-state index contributed by atoms with van der Waals surface area (Å²) in [4.78, 5) is 0.276. The zero-order valence-corrected chi connectivity index (χ0v) is 9.65. The van der Waals surface area contributed by atoms with Crippen molar-refractivity contribution in [2.75, 3.05) is 11.8 Å². The van der Waals surface area contributed by atoms with E-state index in [1.54, 1.807) is 24.3 Å². The van der Waals surface area contributed by atoms with E-state index in [4.69, 9.17) is 18.0 Å². The van der Waals surface area contributed by atoms with Gasteiger partial charge in [-0.3, -0.25) is 4.72 Å². The highest BCUT2D eigenvalue weighted by molar-refractivity contribution is 7.90. The Bertz CT molecular complexity index is 453. The Morgan fingerprint density at radius 1 is 1.33 bits per heavy atom. The Morgan fingerprint density at radius 2 is 1.87 bits per heavy atom. The van der Waals surface area contributed by atoms with Gasteiger partial charge in [0.2, 0.25) is 0 Å². The molecule has 0 atom stereocenters. The molecule has 15 heavy (non-hydrogen) atoms. The molecule has 7 heteroatoms. The van der Waals surface area contributed by atoms with Gasteiger partial charge in [-0.1, -0.05) is 12.2 Å². The van der Waals surface area contributed by atoms with Crippen LogP contribution in [0.1, 0.15) is 5.56 Å². The first kappa shape index (κ1) is 11.9. The highest BCUT2D eigenvalue weighted by Crippen LogP contribution is 2.10. The number of rotatable bonds is 4. The van der Waals surface area contributed by atoms with Gasteiger partial charge in [0, 0.05) is 18.3 Å².